The quantitative estimate of drug-likeness (QED) is 0.915. The molecule has 1 amide bonds. The lowest BCUT2D eigenvalue weighted by molar-refractivity contribution is -0.124. The molecule has 0 radical (unpaired) electrons. The van der Waals surface area contributed by atoms with E-state index in [1.807, 2.05) is 0 Å². The molecule has 24 heavy (non-hydrogen) atoms. The summed E-state index contributed by atoms with van der Waals surface area (Å²) in [5.41, 5.74) is 2.76. The van der Waals surface area contributed by atoms with E-state index in [9.17, 15) is 4.79 Å². The first kappa shape index (κ1) is 16.1. The Morgan fingerprint density at radius 2 is 1.88 bits per heavy atom. The molecular weight excluding hydrogens is 296 g/mol. The molecule has 0 aromatic heterocycles. The molecule has 1 heterocycles. The molecule has 1 saturated heterocycles. The van der Waals surface area contributed by atoms with Crippen molar-refractivity contribution >= 4 is 5.91 Å². The van der Waals surface area contributed by atoms with Gasteiger partial charge in [0.15, 0.2) is 0 Å². The maximum absolute atomic E-state index is 12.7. The van der Waals surface area contributed by atoms with Gasteiger partial charge >= 0.3 is 0 Å². The van der Waals surface area contributed by atoms with Gasteiger partial charge in [0, 0.05) is 6.04 Å². The summed E-state index contributed by atoms with van der Waals surface area (Å²) in [6.07, 6.45) is 11.4. The number of hydrogen-bond acceptors (Lipinski definition) is 2. The average Bonchev–Trinajstić information content (AvgIpc) is 2.62. The fourth-order valence-electron chi connectivity index (χ4n) is 5.25. The Kier molecular flexibility index (Phi) is 4.88. The summed E-state index contributed by atoms with van der Waals surface area (Å²) in [6.45, 7) is 1.70. The highest BCUT2D eigenvalue weighted by Gasteiger charge is 2.34. The second-order valence-electron chi connectivity index (χ2n) is 7.94. The lowest BCUT2D eigenvalue weighted by Crippen LogP contribution is -2.50. The lowest BCUT2D eigenvalue weighted by Gasteiger charge is -2.44. The Morgan fingerprint density at radius 3 is 2.83 bits per heavy atom. The van der Waals surface area contributed by atoms with Crippen LogP contribution in [0.5, 0.6) is 0 Å². The molecule has 2 aliphatic carbocycles. The summed E-state index contributed by atoms with van der Waals surface area (Å²) >= 11 is 0. The number of aryl methyl sites for hydroxylation is 1. The summed E-state index contributed by atoms with van der Waals surface area (Å²) < 4.78 is 0. The van der Waals surface area contributed by atoms with Gasteiger partial charge in [0.2, 0.25) is 5.91 Å². The fourth-order valence-corrected chi connectivity index (χ4v) is 5.25. The van der Waals surface area contributed by atoms with E-state index in [4.69, 9.17) is 0 Å². The first-order chi connectivity index (χ1) is 11.8. The van der Waals surface area contributed by atoms with Gasteiger partial charge in [0.1, 0.15) is 0 Å². The number of carbonyl (C=O) groups is 1. The third-order valence-corrected chi connectivity index (χ3v) is 6.41. The standard InChI is InChI=1S/C21H30N2O/c24-21(15-23-14-6-10-17-8-2-4-13-20(17)23)22-19-12-5-9-16-7-1-3-11-18(16)19/h1,3,7,11,17,19-20H,2,4-6,8-10,12-15H2,(H,22,24)/t17-,19+,20+/m1/s1. The Hall–Kier alpha value is -1.35. The topological polar surface area (TPSA) is 32.3 Å². The van der Waals surface area contributed by atoms with Gasteiger partial charge in [-0.2, -0.15) is 0 Å². The Bertz CT molecular complexity index is 583. The number of piperidine rings is 1. The van der Waals surface area contributed by atoms with Crippen molar-refractivity contribution in [2.24, 2.45) is 5.92 Å². The first-order valence-electron chi connectivity index (χ1n) is 9.92. The summed E-state index contributed by atoms with van der Waals surface area (Å²) in [5, 5.41) is 3.34. The lowest BCUT2D eigenvalue weighted by atomic mass is 9.78. The molecular formula is C21H30N2O. The van der Waals surface area contributed by atoms with Crippen LogP contribution in [-0.4, -0.2) is 29.9 Å². The molecule has 1 aromatic rings. The van der Waals surface area contributed by atoms with Crippen LogP contribution >= 0.6 is 0 Å². The van der Waals surface area contributed by atoms with Gasteiger partial charge in [-0.25, -0.2) is 0 Å². The number of benzene rings is 1. The number of nitrogens with one attached hydrogen (secondary N) is 1. The Labute approximate surface area is 145 Å². The molecule has 3 nitrogen and oxygen atoms in total. The van der Waals surface area contributed by atoms with Crippen LogP contribution in [-0.2, 0) is 11.2 Å². The van der Waals surface area contributed by atoms with Gasteiger partial charge in [-0.3, -0.25) is 9.69 Å². The van der Waals surface area contributed by atoms with Crippen LogP contribution in [0.2, 0.25) is 0 Å². The predicted molar refractivity (Wildman–Crippen MR) is 96.8 cm³/mol. The van der Waals surface area contributed by atoms with Crippen molar-refractivity contribution in [3.63, 3.8) is 0 Å². The van der Waals surface area contributed by atoms with Crippen molar-refractivity contribution in [3.05, 3.63) is 35.4 Å². The van der Waals surface area contributed by atoms with Gasteiger partial charge in [-0.1, -0.05) is 37.1 Å². The van der Waals surface area contributed by atoms with E-state index >= 15 is 0 Å². The number of fused-ring (bicyclic) bond motifs is 2. The van der Waals surface area contributed by atoms with Crippen LogP contribution < -0.4 is 5.32 Å². The number of nitrogens with zero attached hydrogens (tertiary/aromatic N) is 1. The van der Waals surface area contributed by atoms with Crippen molar-refractivity contribution in [1.29, 1.82) is 0 Å². The highest BCUT2D eigenvalue weighted by molar-refractivity contribution is 5.78. The zero-order valence-corrected chi connectivity index (χ0v) is 14.7. The number of likely N-dealkylation sites (tertiary alicyclic amines) is 1. The van der Waals surface area contributed by atoms with E-state index in [-0.39, 0.29) is 11.9 Å². The monoisotopic (exact) mass is 326 g/mol. The Morgan fingerprint density at radius 1 is 1.04 bits per heavy atom. The van der Waals surface area contributed by atoms with Crippen LogP contribution in [0.3, 0.4) is 0 Å². The smallest absolute Gasteiger partial charge is 0.234 e. The van der Waals surface area contributed by atoms with Crippen molar-refractivity contribution in [2.45, 2.75) is 69.9 Å². The maximum Gasteiger partial charge on any atom is 0.234 e. The van der Waals surface area contributed by atoms with Gasteiger partial charge in [-0.05, 0) is 68.5 Å². The minimum atomic E-state index is 0.217. The summed E-state index contributed by atoms with van der Waals surface area (Å²) in [4.78, 5) is 15.2. The molecule has 1 saturated carbocycles. The highest BCUT2D eigenvalue weighted by atomic mass is 16.2. The minimum Gasteiger partial charge on any atom is -0.348 e. The summed E-state index contributed by atoms with van der Waals surface area (Å²) in [5.74, 6) is 1.07. The van der Waals surface area contributed by atoms with E-state index in [1.54, 1.807) is 0 Å². The zero-order valence-electron chi connectivity index (χ0n) is 14.7. The number of amides is 1. The second kappa shape index (κ2) is 7.26. The van der Waals surface area contributed by atoms with E-state index in [2.05, 4.69) is 34.5 Å². The van der Waals surface area contributed by atoms with Crippen LogP contribution in [0.1, 0.15) is 68.5 Å². The second-order valence-corrected chi connectivity index (χ2v) is 7.94. The molecule has 1 N–H and O–H groups in total. The molecule has 0 spiro atoms. The molecule has 3 atom stereocenters. The summed E-state index contributed by atoms with van der Waals surface area (Å²) in [6, 6.07) is 9.49. The molecule has 0 bridgehead atoms. The zero-order chi connectivity index (χ0) is 16.4. The third kappa shape index (κ3) is 3.37. The highest BCUT2D eigenvalue weighted by Crippen LogP contribution is 2.35. The summed E-state index contributed by atoms with van der Waals surface area (Å²) in [7, 11) is 0. The van der Waals surface area contributed by atoms with E-state index in [1.165, 1.54) is 56.1 Å². The van der Waals surface area contributed by atoms with Crippen LogP contribution in [0, 0.1) is 5.92 Å². The normalized spacial score (nSPS) is 30.2. The molecule has 4 rings (SSSR count). The van der Waals surface area contributed by atoms with Crippen LogP contribution in [0.15, 0.2) is 24.3 Å². The average molecular weight is 326 g/mol. The first-order valence-corrected chi connectivity index (χ1v) is 9.92. The molecule has 3 aliphatic rings. The number of hydrogen-bond donors (Lipinski definition) is 1. The van der Waals surface area contributed by atoms with Crippen molar-refractivity contribution < 1.29 is 4.79 Å². The molecule has 3 heteroatoms. The van der Waals surface area contributed by atoms with Gasteiger partial charge < -0.3 is 5.32 Å². The predicted octanol–water partition coefficient (Wildman–Crippen LogP) is 3.83. The van der Waals surface area contributed by atoms with Crippen molar-refractivity contribution in [2.75, 3.05) is 13.1 Å². The van der Waals surface area contributed by atoms with Crippen molar-refractivity contribution in [1.82, 2.24) is 10.2 Å². The number of carbonyl (C=O) groups excluding carboxylic acids is 1. The molecule has 1 aliphatic heterocycles. The maximum atomic E-state index is 12.7. The van der Waals surface area contributed by atoms with Gasteiger partial charge in [0.05, 0.1) is 12.6 Å². The molecule has 2 fully saturated rings. The Balaban J connectivity index is 1.38. The van der Waals surface area contributed by atoms with Gasteiger partial charge in [0.25, 0.3) is 0 Å². The van der Waals surface area contributed by atoms with E-state index < -0.39 is 0 Å². The fraction of sp³-hybridized carbons (Fsp3) is 0.667. The molecule has 130 valence electrons. The van der Waals surface area contributed by atoms with E-state index in [0.29, 0.717) is 12.6 Å². The van der Waals surface area contributed by atoms with E-state index in [0.717, 1.165) is 25.3 Å². The SMILES string of the molecule is O=C(CN1CCC[C@H]2CCCC[C@@H]21)N[C@H]1CCCc2ccccc21. The molecule has 0 unspecified atom stereocenters. The third-order valence-electron chi connectivity index (χ3n) is 6.41. The molecule has 1 aromatic carbocycles. The van der Waals surface area contributed by atoms with Gasteiger partial charge in [-0.15, -0.1) is 0 Å². The van der Waals surface area contributed by atoms with Crippen LogP contribution in [0.4, 0.5) is 0 Å². The van der Waals surface area contributed by atoms with Crippen molar-refractivity contribution in [3.8, 4) is 0 Å². The minimum absolute atomic E-state index is 0.217. The van der Waals surface area contributed by atoms with Crippen LogP contribution in [0.25, 0.3) is 0 Å². The number of rotatable bonds is 3. The largest absolute Gasteiger partial charge is 0.348 e.